The number of aromatic nitrogens is 1. The van der Waals surface area contributed by atoms with Gasteiger partial charge in [0.25, 0.3) is 0 Å². The second kappa shape index (κ2) is 4.51. The van der Waals surface area contributed by atoms with Crippen molar-refractivity contribution in [3.63, 3.8) is 0 Å². The molecule has 0 spiro atoms. The van der Waals surface area contributed by atoms with Crippen LogP contribution in [-0.4, -0.2) is 11.3 Å². The van der Waals surface area contributed by atoms with Crippen LogP contribution in [0.5, 0.6) is 0 Å². The maximum atomic E-state index is 10.5. The highest BCUT2D eigenvalue weighted by Gasteiger charge is 1.96. The average Bonchev–Trinajstić information content (AvgIpc) is 2.83. The van der Waals surface area contributed by atoms with E-state index in [4.69, 9.17) is 0 Å². The molecule has 0 saturated carbocycles. The van der Waals surface area contributed by atoms with Gasteiger partial charge in [-0.3, -0.25) is 4.79 Å². The molecule has 0 fully saturated rings. The van der Waals surface area contributed by atoms with E-state index >= 15 is 0 Å². The summed E-state index contributed by atoms with van der Waals surface area (Å²) in [5.41, 5.74) is 1.70. The Morgan fingerprint density at radius 2 is 2.13 bits per heavy atom. The van der Waals surface area contributed by atoms with Gasteiger partial charge in [-0.05, 0) is 25.1 Å². The first-order chi connectivity index (χ1) is 7.28. The van der Waals surface area contributed by atoms with Crippen molar-refractivity contribution in [2.45, 2.75) is 6.92 Å². The first-order valence-corrected chi connectivity index (χ1v) is 6.18. The molecule has 0 atom stereocenters. The molecule has 0 saturated heterocycles. The Morgan fingerprint density at radius 3 is 2.73 bits per heavy atom. The molecule has 0 aliphatic carbocycles. The van der Waals surface area contributed by atoms with Crippen LogP contribution in [0.25, 0.3) is 12.2 Å². The molecular formula is C11H9NOS2. The molecule has 0 aliphatic heterocycles. The molecule has 2 heterocycles. The fraction of sp³-hybridized carbons (Fsp3) is 0.0909. The molecule has 0 aromatic carbocycles. The molecule has 0 amide bonds. The molecule has 76 valence electrons. The smallest absolute Gasteiger partial charge is 0.150 e. The summed E-state index contributed by atoms with van der Waals surface area (Å²) in [5.74, 6) is 0. The number of carbonyl (C=O) groups is 1. The van der Waals surface area contributed by atoms with Gasteiger partial charge in [-0.2, -0.15) is 0 Å². The molecule has 0 bridgehead atoms. The maximum absolute atomic E-state index is 10.5. The molecule has 2 rings (SSSR count). The zero-order chi connectivity index (χ0) is 10.7. The third-order valence-corrected chi connectivity index (χ3v) is 3.54. The van der Waals surface area contributed by atoms with Crippen molar-refractivity contribution in [3.05, 3.63) is 38.0 Å². The average molecular weight is 235 g/mol. The highest BCUT2D eigenvalue weighted by molar-refractivity contribution is 7.11. The van der Waals surface area contributed by atoms with Crippen molar-refractivity contribution in [2.75, 3.05) is 0 Å². The molecule has 4 heteroatoms. The predicted octanol–water partition coefficient (Wildman–Crippen LogP) is 3.50. The van der Waals surface area contributed by atoms with Crippen molar-refractivity contribution in [1.29, 1.82) is 0 Å². The van der Waals surface area contributed by atoms with Crippen molar-refractivity contribution < 1.29 is 4.79 Å². The number of aldehydes is 1. The predicted molar refractivity (Wildman–Crippen MR) is 65.5 cm³/mol. The van der Waals surface area contributed by atoms with Crippen LogP contribution in [0.1, 0.15) is 25.9 Å². The van der Waals surface area contributed by atoms with E-state index in [0.717, 1.165) is 27.4 Å². The second-order valence-corrected chi connectivity index (χ2v) is 5.03. The number of hydrogen-bond acceptors (Lipinski definition) is 4. The van der Waals surface area contributed by atoms with Crippen LogP contribution < -0.4 is 0 Å². The van der Waals surface area contributed by atoms with E-state index in [1.807, 2.05) is 35.9 Å². The molecule has 0 radical (unpaired) electrons. The largest absolute Gasteiger partial charge is 0.298 e. The van der Waals surface area contributed by atoms with E-state index in [1.165, 1.54) is 0 Å². The lowest BCUT2D eigenvalue weighted by atomic mass is 10.3. The number of hydrogen-bond donors (Lipinski definition) is 0. The van der Waals surface area contributed by atoms with Gasteiger partial charge in [-0.15, -0.1) is 22.7 Å². The van der Waals surface area contributed by atoms with Crippen LogP contribution in [0, 0.1) is 6.92 Å². The van der Waals surface area contributed by atoms with Crippen LogP contribution in [0.3, 0.4) is 0 Å². The molecule has 0 unspecified atom stereocenters. The Balaban J connectivity index is 2.14. The van der Waals surface area contributed by atoms with Crippen molar-refractivity contribution in [3.8, 4) is 0 Å². The minimum Gasteiger partial charge on any atom is -0.298 e. The first-order valence-electron chi connectivity index (χ1n) is 4.42. The van der Waals surface area contributed by atoms with Crippen LogP contribution in [0.15, 0.2) is 16.8 Å². The number of carbonyl (C=O) groups excluding carboxylic acids is 1. The second-order valence-electron chi connectivity index (χ2n) is 3.02. The Labute approximate surface area is 95.9 Å². The summed E-state index contributed by atoms with van der Waals surface area (Å²) >= 11 is 3.19. The minimum atomic E-state index is 0.731. The number of nitrogens with zero attached hydrogens (tertiary/aromatic N) is 1. The Morgan fingerprint density at radius 1 is 1.27 bits per heavy atom. The van der Waals surface area contributed by atoms with Gasteiger partial charge in [-0.25, -0.2) is 4.98 Å². The lowest BCUT2D eigenvalue weighted by Gasteiger charge is -1.82. The summed E-state index contributed by atoms with van der Waals surface area (Å²) in [6.07, 6.45) is 4.80. The Bertz CT molecular complexity index is 496. The number of aryl methyl sites for hydroxylation is 1. The fourth-order valence-corrected chi connectivity index (χ4v) is 2.47. The summed E-state index contributed by atoms with van der Waals surface area (Å²) in [6.45, 7) is 1.98. The number of thiazole rings is 1. The first kappa shape index (κ1) is 10.3. The lowest BCUT2D eigenvalue weighted by molar-refractivity contribution is 0.112. The quantitative estimate of drug-likeness (QED) is 0.762. The van der Waals surface area contributed by atoms with E-state index in [2.05, 4.69) is 4.98 Å². The van der Waals surface area contributed by atoms with E-state index in [0.29, 0.717) is 0 Å². The standard InChI is InChI=1S/C11H9NOS2/c1-8-12-10(7-14-8)2-3-11-4-9(5-13)6-15-11/h2-7H,1H3/b3-2+. The van der Waals surface area contributed by atoms with Crippen LogP contribution in [0.4, 0.5) is 0 Å². The van der Waals surface area contributed by atoms with Gasteiger partial charge in [0.2, 0.25) is 0 Å². The Hall–Kier alpha value is -1.26. The van der Waals surface area contributed by atoms with Gasteiger partial charge >= 0.3 is 0 Å². The van der Waals surface area contributed by atoms with Gasteiger partial charge in [0.05, 0.1) is 10.7 Å². The fourth-order valence-electron chi connectivity index (χ4n) is 1.14. The lowest BCUT2D eigenvalue weighted by Crippen LogP contribution is -1.71. The highest BCUT2D eigenvalue weighted by atomic mass is 32.1. The maximum Gasteiger partial charge on any atom is 0.150 e. The molecular weight excluding hydrogens is 226 g/mol. The van der Waals surface area contributed by atoms with Crippen LogP contribution in [-0.2, 0) is 0 Å². The number of rotatable bonds is 3. The molecule has 0 N–H and O–H groups in total. The van der Waals surface area contributed by atoms with E-state index in [1.54, 1.807) is 22.7 Å². The van der Waals surface area contributed by atoms with Gasteiger partial charge in [0.15, 0.2) is 6.29 Å². The van der Waals surface area contributed by atoms with Gasteiger partial charge < -0.3 is 0 Å². The van der Waals surface area contributed by atoms with Crippen molar-refractivity contribution in [1.82, 2.24) is 4.98 Å². The Kier molecular flexibility index (Phi) is 3.08. The third kappa shape index (κ3) is 2.61. The van der Waals surface area contributed by atoms with E-state index < -0.39 is 0 Å². The van der Waals surface area contributed by atoms with Crippen molar-refractivity contribution in [2.24, 2.45) is 0 Å². The SMILES string of the molecule is Cc1nc(/C=C/c2cc(C=O)cs2)cs1. The molecule has 2 aromatic rings. The number of thiophene rings is 1. The summed E-state index contributed by atoms with van der Waals surface area (Å²) < 4.78 is 0. The summed E-state index contributed by atoms with van der Waals surface area (Å²) in [6, 6.07) is 1.87. The van der Waals surface area contributed by atoms with Gasteiger partial charge in [0, 0.05) is 21.2 Å². The molecule has 2 aromatic heterocycles. The molecule has 0 aliphatic rings. The molecule has 15 heavy (non-hydrogen) atoms. The summed E-state index contributed by atoms with van der Waals surface area (Å²) in [4.78, 5) is 15.9. The summed E-state index contributed by atoms with van der Waals surface area (Å²) in [5, 5.41) is 4.92. The zero-order valence-corrected chi connectivity index (χ0v) is 9.77. The third-order valence-electron chi connectivity index (χ3n) is 1.83. The van der Waals surface area contributed by atoms with Gasteiger partial charge in [0.1, 0.15) is 0 Å². The van der Waals surface area contributed by atoms with Crippen molar-refractivity contribution >= 4 is 41.1 Å². The molecule has 2 nitrogen and oxygen atoms in total. The monoisotopic (exact) mass is 235 g/mol. The van der Waals surface area contributed by atoms with Crippen LogP contribution in [0.2, 0.25) is 0 Å². The van der Waals surface area contributed by atoms with E-state index in [9.17, 15) is 4.79 Å². The topological polar surface area (TPSA) is 30.0 Å². The normalized spacial score (nSPS) is 11.0. The summed E-state index contributed by atoms with van der Waals surface area (Å²) in [7, 11) is 0. The van der Waals surface area contributed by atoms with Crippen LogP contribution >= 0.6 is 22.7 Å². The zero-order valence-electron chi connectivity index (χ0n) is 8.14. The minimum absolute atomic E-state index is 0.731. The van der Waals surface area contributed by atoms with E-state index in [-0.39, 0.29) is 0 Å². The van der Waals surface area contributed by atoms with Gasteiger partial charge in [-0.1, -0.05) is 0 Å². The highest BCUT2D eigenvalue weighted by Crippen LogP contribution is 2.17.